The van der Waals surface area contributed by atoms with Gasteiger partial charge in [-0.25, -0.2) is 18.5 Å². The molecule has 1 amide bonds. The van der Waals surface area contributed by atoms with E-state index < -0.39 is 10.0 Å². The molecule has 0 bridgehead atoms. The Hall–Kier alpha value is -2.62. The molecule has 1 atom stereocenters. The standard InChI is InChI=1S/C22H26N4O3S2/c1-15(2)17-4-8-19(9-5-17)26-13-12-24-22(26)30-14-21(27)25-16(3)18-6-10-20(11-7-18)31(23,28)29/h4-13,15-16H,14H2,1-3H3,(H,25,27)(H2,23,28,29). The summed E-state index contributed by atoms with van der Waals surface area (Å²) in [7, 11) is -3.74. The Morgan fingerprint density at radius 3 is 2.26 bits per heavy atom. The molecule has 0 spiro atoms. The lowest BCUT2D eigenvalue weighted by atomic mass is 10.0. The number of nitrogens with two attached hydrogens (primary N) is 1. The monoisotopic (exact) mass is 458 g/mol. The first kappa shape index (κ1) is 23.1. The van der Waals surface area contributed by atoms with E-state index in [1.165, 1.54) is 29.5 Å². The van der Waals surface area contributed by atoms with Gasteiger partial charge in [-0.15, -0.1) is 0 Å². The van der Waals surface area contributed by atoms with E-state index in [1.54, 1.807) is 18.3 Å². The zero-order valence-corrected chi connectivity index (χ0v) is 19.3. The number of carbonyl (C=O) groups is 1. The molecule has 0 saturated heterocycles. The molecule has 1 aromatic heterocycles. The van der Waals surface area contributed by atoms with Crippen LogP contribution in [0.15, 0.2) is 71.0 Å². The lowest BCUT2D eigenvalue weighted by Crippen LogP contribution is -2.28. The van der Waals surface area contributed by atoms with Crippen LogP contribution in [0.2, 0.25) is 0 Å². The number of aromatic nitrogens is 2. The Balaban J connectivity index is 1.59. The second-order valence-electron chi connectivity index (χ2n) is 7.52. The number of thioether (sulfide) groups is 1. The third-order valence-corrected chi connectivity index (χ3v) is 6.76. The molecule has 1 heterocycles. The Bertz CT molecular complexity index is 1140. The molecule has 1 unspecified atom stereocenters. The van der Waals surface area contributed by atoms with Crippen molar-refractivity contribution in [3.63, 3.8) is 0 Å². The fourth-order valence-corrected chi connectivity index (χ4v) is 4.36. The van der Waals surface area contributed by atoms with Crippen LogP contribution in [0, 0.1) is 0 Å². The van der Waals surface area contributed by atoms with Crippen molar-refractivity contribution in [2.24, 2.45) is 5.14 Å². The van der Waals surface area contributed by atoms with Gasteiger partial charge in [-0.05, 0) is 48.2 Å². The van der Waals surface area contributed by atoms with E-state index in [9.17, 15) is 13.2 Å². The van der Waals surface area contributed by atoms with E-state index in [2.05, 4.69) is 48.4 Å². The highest BCUT2D eigenvalue weighted by Crippen LogP contribution is 2.23. The number of nitrogens with zero attached hydrogens (tertiary/aromatic N) is 2. The Morgan fingerprint density at radius 1 is 1.06 bits per heavy atom. The van der Waals surface area contributed by atoms with Crippen LogP contribution in [0.5, 0.6) is 0 Å². The highest BCUT2D eigenvalue weighted by molar-refractivity contribution is 7.99. The summed E-state index contributed by atoms with van der Waals surface area (Å²) in [5.74, 6) is 0.533. The Morgan fingerprint density at radius 2 is 1.68 bits per heavy atom. The highest BCUT2D eigenvalue weighted by atomic mass is 32.2. The molecule has 164 valence electrons. The number of carbonyl (C=O) groups excluding carboxylic acids is 1. The van der Waals surface area contributed by atoms with Gasteiger partial charge in [-0.1, -0.05) is 49.9 Å². The number of hydrogen-bond acceptors (Lipinski definition) is 5. The fourth-order valence-electron chi connectivity index (χ4n) is 3.06. The van der Waals surface area contributed by atoms with E-state index in [0.717, 1.165) is 16.4 Å². The summed E-state index contributed by atoms with van der Waals surface area (Å²) >= 11 is 1.35. The minimum absolute atomic E-state index is 0.0404. The molecule has 31 heavy (non-hydrogen) atoms. The van der Waals surface area contributed by atoms with Crippen LogP contribution in [0.1, 0.15) is 43.9 Å². The van der Waals surface area contributed by atoms with Crippen LogP contribution in [-0.4, -0.2) is 29.6 Å². The highest BCUT2D eigenvalue weighted by Gasteiger charge is 2.14. The van der Waals surface area contributed by atoms with E-state index in [-0.39, 0.29) is 22.6 Å². The van der Waals surface area contributed by atoms with Crippen LogP contribution >= 0.6 is 11.8 Å². The first-order chi connectivity index (χ1) is 14.6. The zero-order valence-electron chi connectivity index (χ0n) is 17.6. The van der Waals surface area contributed by atoms with Gasteiger partial charge in [0, 0.05) is 18.1 Å². The first-order valence-corrected chi connectivity index (χ1v) is 12.4. The van der Waals surface area contributed by atoms with Crippen molar-refractivity contribution in [3.05, 3.63) is 72.1 Å². The van der Waals surface area contributed by atoms with Gasteiger partial charge in [-0.2, -0.15) is 0 Å². The fraction of sp³-hybridized carbons (Fsp3) is 0.273. The number of nitrogens with one attached hydrogen (secondary N) is 1. The summed E-state index contributed by atoms with van der Waals surface area (Å²) in [5.41, 5.74) is 3.05. The molecule has 7 nitrogen and oxygen atoms in total. The van der Waals surface area contributed by atoms with Crippen LogP contribution in [0.25, 0.3) is 5.69 Å². The second kappa shape index (κ2) is 9.67. The first-order valence-electron chi connectivity index (χ1n) is 9.83. The van der Waals surface area contributed by atoms with Gasteiger partial charge in [0.25, 0.3) is 0 Å². The Labute approximate surface area is 187 Å². The number of imidazole rings is 1. The molecule has 3 aromatic rings. The SMILES string of the molecule is CC(C)c1ccc(-n2ccnc2SCC(=O)NC(C)c2ccc(S(N)(=O)=O)cc2)cc1. The quantitative estimate of drug-likeness (QED) is 0.502. The van der Waals surface area contributed by atoms with E-state index >= 15 is 0 Å². The molecule has 9 heteroatoms. The molecule has 0 saturated carbocycles. The van der Waals surface area contributed by atoms with Crippen molar-refractivity contribution >= 4 is 27.7 Å². The number of sulfonamides is 1. The number of benzene rings is 2. The van der Waals surface area contributed by atoms with Gasteiger partial charge < -0.3 is 5.32 Å². The van der Waals surface area contributed by atoms with Gasteiger partial charge in [0.2, 0.25) is 15.9 Å². The van der Waals surface area contributed by atoms with Gasteiger partial charge in [0.15, 0.2) is 5.16 Å². The Kier molecular flexibility index (Phi) is 7.19. The number of primary sulfonamides is 1. The summed E-state index contributed by atoms with van der Waals surface area (Å²) in [6.45, 7) is 6.15. The summed E-state index contributed by atoms with van der Waals surface area (Å²) in [6, 6.07) is 14.2. The van der Waals surface area contributed by atoms with Crippen molar-refractivity contribution < 1.29 is 13.2 Å². The third-order valence-electron chi connectivity index (χ3n) is 4.86. The van der Waals surface area contributed by atoms with Crippen LogP contribution < -0.4 is 10.5 Å². The molecule has 2 aromatic carbocycles. The molecule has 0 aliphatic carbocycles. The third kappa shape index (κ3) is 5.96. The van der Waals surface area contributed by atoms with Gasteiger partial charge >= 0.3 is 0 Å². The molecule has 3 N–H and O–H groups in total. The minimum Gasteiger partial charge on any atom is -0.349 e. The lowest BCUT2D eigenvalue weighted by Gasteiger charge is -2.15. The second-order valence-corrected chi connectivity index (χ2v) is 10.0. The number of hydrogen-bond donors (Lipinski definition) is 2. The van der Waals surface area contributed by atoms with Crippen molar-refractivity contribution in [2.45, 2.75) is 42.8 Å². The maximum absolute atomic E-state index is 12.4. The van der Waals surface area contributed by atoms with Crippen LogP contribution in [-0.2, 0) is 14.8 Å². The normalized spacial score (nSPS) is 12.7. The summed E-state index contributed by atoms with van der Waals surface area (Å²) in [6.07, 6.45) is 3.59. The maximum Gasteiger partial charge on any atom is 0.238 e. The van der Waals surface area contributed by atoms with E-state index in [4.69, 9.17) is 5.14 Å². The minimum atomic E-state index is -3.74. The summed E-state index contributed by atoms with van der Waals surface area (Å²) in [5, 5.41) is 8.77. The molecule has 0 aliphatic rings. The largest absolute Gasteiger partial charge is 0.349 e. The smallest absolute Gasteiger partial charge is 0.238 e. The molecule has 0 radical (unpaired) electrons. The van der Waals surface area contributed by atoms with Gasteiger partial charge in [0.05, 0.1) is 16.7 Å². The summed E-state index contributed by atoms with van der Waals surface area (Å²) < 4.78 is 24.7. The van der Waals surface area contributed by atoms with Crippen molar-refractivity contribution in [3.8, 4) is 5.69 Å². The molecule has 3 rings (SSSR count). The van der Waals surface area contributed by atoms with Crippen molar-refractivity contribution in [1.29, 1.82) is 0 Å². The van der Waals surface area contributed by atoms with Gasteiger partial charge in [-0.3, -0.25) is 9.36 Å². The average molecular weight is 459 g/mol. The van der Waals surface area contributed by atoms with Crippen molar-refractivity contribution in [2.75, 3.05) is 5.75 Å². The topological polar surface area (TPSA) is 107 Å². The van der Waals surface area contributed by atoms with Gasteiger partial charge in [0.1, 0.15) is 0 Å². The summed E-state index contributed by atoms with van der Waals surface area (Å²) in [4.78, 5) is 16.8. The van der Waals surface area contributed by atoms with E-state index in [0.29, 0.717) is 5.92 Å². The zero-order chi connectivity index (χ0) is 22.6. The van der Waals surface area contributed by atoms with Crippen molar-refractivity contribution in [1.82, 2.24) is 14.9 Å². The molecular weight excluding hydrogens is 432 g/mol. The predicted octanol–water partition coefficient (Wildman–Crippen LogP) is 3.61. The molecule has 0 aliphatic heterocycles. The predicted molar refractivity (Wildman–Crippen MR) is 123 cm³/mol. The number of rotatable bonds is 8. The molecular formula is C22H26N4O3S2. The number of amides is 1. The lowest BCUT2D eigenvalue weighted by molar-refractivity contribution is -0.119. The average Bonchev–Trinajstić information content (AvgIpc) is 3.20. The van der Waals surface area contributed by atoms with Crippen LogP contribution in [0.4, 0.5) is 0 Å². The maximum atomic E-state index is 12.4. The van der Waals surface area contributed by atoms with E-state index in [1.807, 2.05) is 17.7 Å². The molecule has 0 fully saturated rings. The van der Waals surface area contributed by atoms with Crippen LogP contribution in [0.3, 0.4) is 0 Å².